The molecule has 0 N–H and O–H groups in total. The molecule has 0 saturated carbocycles. The van der Waals surface area contributed by atoms with E-state index in [2.05, 4.69) is 6.07 Å². The standard InChI is InChI=1S/C22H30N2O4/c1-22(2,21(26)27-3)18-9-7-12-24(16-18)20(25)11-4-5-13-28-19-10-6-8-17(14-19)15-23/h6,8,10,14,18H,4-5,7,9,11-13,16H2,1-3H3. The Balaban J connectivity index is 1.73. The predicted molar refractivity (Wildman–Crippen MR) is 106 cm³/mol. The first-order valence-corrected chi connectivity index (χ1v) is 9.87. The van der Waals surface area contributed by atoms with Gasteiger partial charge in [-0.05, 0) is 63.6 Å². The molecule has 1 fully saturated rings. The van der Waals surface area contributed by atoms with Crippen LogP contribution in [-0.2, 0) is 14.3 Å². The third-order valence-corrected chi connectivity index (χ3v) is 5.52. The quantitative estimate of drug-likeness (QED) is 0.504. The number of piperidine rings is 1. The maximum Gasteiger partial charge on any atom is 0.311 e. The number of nitriles is 1. The number of methoxy groups -OCH3 is 1. The highest BCUT2D eigenvalue weighted by molar-refractivity contribution is 5.78. The molecule has 0 aromatic heterocycles. The highest BCUT2D eigenvalue weighted by Gasteiger charge is 2.40. The van der Waals surface area contributed by atoms with Crippen molar-refractivity contribution >= 4 is 11.9 Å². The van der Waals surface area contributed by atoms with Gasteiger partial charge in [0.1, 0.15) is 5.75 Å². The first kappa shape index (κ1) is 21.7. The van der Waals surface area contributed by atoms with Crippen LogP contribution in [0.15, 0.2) is 24.3 Å². The number of carbonyl (C=O) groups is 2. The lowest BCUT2D eigenvalue weighted by Crippen LogP contribution is -2.47. The van der Waals surface area contributed by atoms with Crippen molar-refractivity contribution in [3.8, 4) is 11.8 Å². The largest absolute Gasteiger partial charge is 0.494 e. The molecule has 0 bridgehead atoms. The van der Waals surface area contributed by atoms with Crippen LogP contribution in [0.2, 0.25) is 0 Å². The molecular weight excluding hydrogens is 356 g/mol. The first-order valence-electron chi connectivity index (χ1n) is 9.87. The van der Waals surface area contributed by atoms with Crippen molar-refractivity contribution in [1.29, 1.82) is 5.26 Å². The summed E-state index contributed by atoms with van der Waals surface area (Å²) in [6.07, 6.45) is 3.84. The van der Waals surface area contributed by atoms with Gasteiger partial charge in [-0.25, -0.2) is 0 Å². The topological polar surface area (TPSA) is 79.6 Å². The van der Waals surface area contributed by atoms with Gasteiger partial charge in [0.25, 0.3) is 0 Å². The van der Waals surface area contributed by atoms with E-state index < -0.39 is 5.41 Å². The number of benzene rings is 1. The van der Waals surface area contributed by atoms with Crippen molar-refractivity contribution in [2.75, 3.05) is 26.8 Å². The average Bonchev–Trinajstić information content (AvgIpc) is 2.72. The molecule has 28 heavy (non-hydrogen) atoms. The molecule has 6 nitrogen and oxygen atoms in total. The van der Waals surface area contributed by atoms with Crippen LogP contribution in [0.1, 0.15) is 51.5 Å². The summed E-state index contributed by atoms with van der Waals surface area (Å²) in [5.74, 6) is 0.712. The number of likely N-dealkylation sites (tertiary alicyclic amines) is 1. The third-order valence-electron chi connectivity index (χ3n) is 5.52. The Kier molecular flexibility index (Phi) is 7.86. The minimum atomic E-state index is -0.584. The summed E-state index contributed by atoms with van der Waals surface area (Å²) < 4.78 is 10.6. The second kappa shape index (κ2) is 10.1. The van der Waals surface area contributed by atoms with Gasteiger partial charge < -0.3 is 14.4 Å². The van der Waals surface area contributed by atoms with Crippen molar-refractivity contribution in [3.05, 3.63) is 29.8 Å². The monoisotopic (exact) mass is 386 g/mol. The van der Waals surface area contributed by atoms with Crippen LogP contribution in [0.3, 0.4) is 0 Å². The minimum absolute atomic E-state index is 0.119. The summed E-state index contributed by atoms with van der Waals surface area (Å²) in [7, 11) is 1.41. The Morgan fingerprint density at radius 2 is 2.11 bits per heavy atom. The number of ether oxygens (including phenoxy) is 2. The number of unbranched alkanes of at least 4 members (excludes halogenated alkanes) is 1. The van der Waals surface area contributed by atoms with Gasteiger partial charge in [-0.1, -0.05) is 6.07 Å². The highest BCUT2D eigenvalue weighted by atomic mass is 16.5. The number of esters is 1. The molecule has 1 aliphatic rings. The lowest BCUT2D eigenvalue weighted by Gasteiger charge is -2.39. The SMILES string of the molecule is COC(=O)C(C)(C)C1CCCN(C(=O)CCCCOc2cccc(C#N)c2)C1. The Morgan fingerprint density at radius 1 is 1.32 bits per heavy atom. The molecule has 1 aliphatic heterocycles. The van der Waals surface area contributed by atoms with E-state index in [4.69, 9.17) is 14.7 Å². The van der Waals surface area contributed by atoms with Gasteiger partial charge in [-0.3, -0.25) is 9.59 Å². The molecule has 1 amide bonds. The lowest BCUT2D eigenvalue weighted by molar-refractivity contribution is -0.156. The van der Waals surface area contributed by atoms with Crippen LogP contribution in [0.25, 0.3) is 0 Å². The summed E-state index contributed by atoms with van der Waals surface area (Å²) in [6.45, 7) is 5.68. The third kappa shape index (κ3) is 5.72. The smallest absolute Gasteiger partial charge is 0.311 e. The summed E-state index contributed by atoms with van der Waals surface area (Å²) >= 11 is 0. The number of hydrogen-bond donors (Lipinski definition) is 0. The van der Waals surface area contributed by atoms with Crippen LogP contribution >= 0.6 is 0 Å². The Morgan fingerprint density at radius 3 is 2.82 bits per heavy atom. The van der Waals surface area contributed by atoms with Gasteiger partial charge in [0.05, 0.1) is 30.8 Å². The van der Waals surface area contributed by atoms with E-state index in [-0.39, 0.29) is 17.8 Å². The molecule has 1 unspecified atom stereocenters. The lowest BCUT2D eigenvalue weighted by atomic mass is 9.74. The van der Waals surface area contributed by atoms with Crippen LogP contribution in [0.4, 0.5) is 0 Å². The molecule has 152 valence electrons. The van der Waals surface area contributed by atoms with Gasteiger partial charge >= 0.3 is 5.97 Å². The van der Waals surface area contributed by atoms with Crippen LogP contribution in [0, 0.1) is 22.7 Å². The van der Waals surface area contributed by atoms with Crippen LogP contribution in [0.5, 0.6) is 5.75 Å². The summed E-state index contributed by atoms with van der Waals surface area (Å²) in [5, 5.41) is 8.90. The molecule has 1 aromatic carbocycles. The van der Waals surface area contributed by atoms with E-state index in [9.17, 15) is 9.59 Å². The molecule has 1 heterocycles. The molecule has 0 spiro atoms. The Labute approximate surface area is 167 Å². The molecule has 1 aromatic rings. The summed E-state index contributed by atoms with van der Waals surface area (Å²) in [5.41, 5.74) is -0.0123. The fraction of sp³-hybridized carbons (Fsp3) is 0.591. The predicted octanol–water partition coefficient (Wildman–Crippen LogP) is 3.55. The number of nitrogens with zero attached hydrogens (tertiary/aromatic N) is 2. The van der Waals surface area contributed by atoms with Crippen molar-refractivity contribution < 1.29 is 19.1 Å². The van der Waals surface area contributed by atoms with E-state index in [1.165, 1.54) is 7.11 Å². The van der Waals surface area contributed by atoms with E-state index in [1.807, 2.05) is 24.8 Å². The highest BCUT2D eigenvalue weighted by Crippen LogP contribution is 2.35. The fourth-order valence-electron chi connectivity index (χ4n) is 3.60. The van der Waals surface area contributed by atoms with Crippen molar-refractivity contribution in [2.24, 2.45) is 11.3 Å². The number of hydrogen-bond acceptors (Lipinski definition) is 5. The molecule has 1 atom stereocenters. The van der Waals surface area contributed by atoms with Crippen LogP contribution in [-0.4, -0.2) is 43.6 Å². The van der Waals surface area contributed by atoms with Gasteiger partial charge in [0.15, 0.2) is 0 Å². The van der Waals surface area contributed by atoms with E-state index in [0.717, 1.165) is 32.2 Å². The maximum absolute atomic E-state index is 12.6. The molecular formula is C22H30N2O4. The zero-order chi connectivity index (χ0) is 20.6. The van der Waals surface area contributed by atoms with Gasteiger partial charge in [-0.2, -0.15) is 5.26 Å². The maximum atomic E-state index is 12.6. The second-order valence-electron chi connectivity index (χ2n) is 7.84. The fourth-order valence-corrected chi connectivity index (χ4v) is 3.60. The van der Waals surface area contributed by atoms with Crippen molar-refractivity contribution in [3.63, 3.8) is 0 Å². The number of rotatable bonds is 8. The first-order chi connectivity index (χ1) is 13.4. The summed E-state index contributed by atoms with van der Waals surface area (Å²) in [6, 6.07) is 9.15. The van der Waals surface area contributed by atoms with E-state index >= 15 is 0 Å². The second-order valence-corrected chi connectivity index (χ2v) is 7.84. The molecule has 1 saturated heterocycles. The average molecular weight is 386 g/mol. The van der Waals surface area contributed by atoms with Crippen molar-refractivity contribution in [1.82, 2.24) is 4.90 Å². The molecule has 2 rings (SSSR count). The van der Waals surface area contributed by atoms with Crippen LogP contribution < -0.4 is 4.74 Å². The zero-order valence-electron chi connectivity index (χ0n) is 17.1. The summed E-state index contributed by atoms with van der Waals surface area (Å²) in [4.78, 5) is 26.5. The Hall–Kier alpha value is -2.55. The number of carbonyl (C=O) groups excluding carboxylic acids is 2. The van der Waals surface area contributed by atoms with Gasteiger partial charge in [-0.15, -0.1) is 0 Å². The minimum Gasteiger partial charge on any atom is -0.494 e. The molecule has 0 radical (unpaired) electrons. The van der Waals surface area contributed by atoms with Gasteiger partial charge in [0, 0.05) is 19.5 Å². The zero-order valence-corrected chi connectivity index (χ0v) is 17.1. The molecule has 6 heteroatoms. The van der Waals surface area contributed by atoms with E-state index in [0.29, 0.717) is 30.9 Å². The normalized spacial score (nSPS) is 16.9. The Bertz CT molecular complexity index is 723. The van der Waals surface area contributed by atoms with E-state index in [1.54, 1.807) is 18.2 Å². The van der Waals surface area contributed by atoms with Gasteiger partial charge in [0.2, 0.25) is 5.91 Å². The molecule has 0 aliphatic carbocycles. The number of amides is 1. The van der Waals surface area contributed by atoms with Crippen molar-refractivity contribution in [2.45, 2.75) is 46.0 Å².